The van der Waals surface area contributed by atoms with Crippen molar-refractivity contribution in [2.24, 2.45) is 5.92 Å². The maximum Gasteiger partial charge on any atom is 0.0707 e. The number of aliphatic hydroxyl groups excluding tert-OH is 1. The molecule has 3 atom stereocenters. The molecule has 2 N–H and O–H groups in total. The zero-order chi connectivity index (χ0) is 17.9. The minimum absolute atomic E-state index is 0.227. The topological polar surface area (TPSA) is 43.7 Å². The first-order valence-corrected chi connectivity index (χ1v) is 9.22. The number of rotatable bonds is 5. The smallest absolute Gasteiger partial charge is 0.0707 e. The van der Waals surface area contributed by atoms with Gasteiger partial charge in [0.15, 0.2) is 0 Å². The van der Waals surface area contributed by atoms with Crippen molar-refractivity contribution in [2.75, 3.05) is 19.6 Å². The van der Waals surface area contributed by atoms with Crippen molar-refractivity contribution >= 4 is 0 Å². The third-order valence-corrected chi connectivity index (χ3v) is 5.55. The van der Waals surface area contributed by atoms with Crippen LogP contribution in [0.3, 0.4) is 0 Å². The van der Waals surface area contributed by atoms with Gasteiger partial charge in [-0.25, -0.2) is 0 Å². The van der Waals surface area contributed by atoms with Crippen LogP contribution < -0.4 is 0 Å². The largest absolute Gasteiger partial charge is 0.391 e. The Labute approximate surface area is 150 Å². The van der Waals surface area contributed by atoms with Crippen LogP contribution in [0.4, 0.5) is 0 Å². The van der Waals surface area contributed by atoms with Gasteiger partial charge in [-0.05, 0) is 36.0 Å². The van der Waals surface area contributed by atoms with Crippen LogP contribution in [0.15, 0.2) is 54.6 Å². The molecule has 0 bridgehead atoms. The Bertz CT molecular complexity index is 683. The molecule has 25 heavy (non-hydrogen) atoms. The van der Waals surface area contributed by atoms with Gasteiger partial charge in [0, 0.05) is 26.1 Å². The van der Waals surface area contributed by atoms with Crippen molar-refractivity contribution in [1.29, 1.82) is 0 Å². The van der Waals surface area contributed by atoms with Gasteiger partial charge in [-0.15, -0.1) is 0 Å². The van der Waals surface area contributed by atoms with Crippen LogP contribution >= 0.6 is 0 Å². The molecule has 1 saturated heterocycles. The molecule has 0 aromatic heterocycles. The standard InChI is InChI=1S/C22H29NO2/c1-17-15-23(13-12-22(17,2)25)16-20(24)14-19-10-6-7-11-21(19)18-8-4-3-5-9-18/h3-11,17,20,24-25H,12-16H2,1-2H3. The Kier molecular flexibility index (Phi) is 5.57. The average molecular weight is 339 g/mol. The summed E-state index contributed by atoms with van der Waals surface area (Å²) in [5.74, 6) is 0.227. The minimum atomic E-state index is -0.582. The molecule has 1 aliphatic rings. The summed E-state index contributed by atoms with van der Waals surface area (Å²) in [6, 6.07) is 18.6. The summed E-state index contributed by atoms with van der Waals surface area (Å²) in [5, 5.41) is 20.9. The van der Waals surface area contributed by atoms with E-state index in [0.717, 1.165) is 19.5 Å². The predicted molar refractivity (Wildman–Crippen MR) is 102 cm³/mol. The maximum absolute atomic E-state index is 10.6. The molecule has 0 saturated carbocycles. The van der Waals surface area contributed by atoms with E-state index >= 15 is 0 Å². The van der Waals surface area contributed by atoms with E-state index < -0.39 is 11.7 Å². The number of nitrogens with zero attached hydrogens (tertiary/aromatic N) is 1. The zero-order valence-electron chi connectivity index (χ0n) is 15.2. The summed E-state index contributed by atoms with van der Waals surface area (Å²) in [6.45, 7) is 6.34. The number of likely N-dealkylation sites (tertiary alicyclic amines) is 1. The molecule has 1 heterocycles. The van der Waals surface area contributed by atoms with E-state index in [4.69, 9.17) is 0 Å². The van der Waals surface area contributed by atoms with Gasteiger partial charge in [0.2, 0.25) is 0 Å². The number of benzene rings is 2. The van der Waals surface area contributed by atoms with E-state index in [1.807, 2.05) is 37.3 Å². The molecule has 2 aromatic carbocycles. The summed E-state index contributed by atoms with van der Waals surface area (Å²) in [5.41, 5.74) is 2.98. The Morgan fingerprint density at radius 3 is 2.52 bits per heavy atom. The quantitative estimate of drug-likeness (QED) is 0.878. The van der Waals surface area contributed by atoms with Gasteiger partial charge in [-0.2, -0.15) is 0 Å². The minimum Gasteiger partial charge on any atom is -0.391 e. The normalized spacial score (nSPS) is 25.7. The zero-order valence-corrected chi connectivity index (χ0v) is 15.2. The molecule has 0 amide bonds. The molecule has 3 heteroatoms. The Morgan fingerprint density at radius 1 is 1.12 bits per heavy atom. The number of hydrogen-bond donors (Lipinski definition) is 2. The first-order chi connectivity index (χ1) is 12.0. The van der Waals surface area contributed by atoms with Gasteiger partial charge < -0.3 is 15.1 Å². The first-order valence-electron chi connectivity index (χ1n) is 9.22. The SMILES string of the molecule is CC1CN(CC(O)Cc2ccccc2-c2ccccc2)CCC1(C)O. The van der Waals surface area contributed by atoms with E-state index in [9.17, 15) is 10.2 Å². The molecular weight excluding hydrogens is 310 g/mol. The maximum atomic E-state index is 10.6. The Hall–Kier alpha value is -1.68. The van der Waals surface area contributed by atoms with Crippen LogP contribution in [-0.4, -0.2) is 46.5 Å². The van der Waals surface area contributed by atoms with Crippen LogP contribution in [0.25, 0.3) is 11.1 Å². The lowest BCUT2D eigenvalue weighted by Gasteiger charge is -2.41. The molecule has 0 spiro atoms. The average Bonchev–Trinajstić information content (AvgIpc) is 2.60. The van der Waals surface area contributed by atoms with Gasteiger partial charge in [0.1, 0.15) is 0 Å². The summed E-state index contributed by atoms with van der Waals surface area (Å²) in [7, 11) is 0. The van der Waals surface area contributed by atoms with Gasteiger partial charge in [-0.3, -0.25) is 0 Å². The molecule has 0 radical (unpaired) electrons. The molecule has 3 unspecified atom stereocenters. The number of piperidine rings is 1. The molecule has 1 fully saturated rings. The van der Waals surface area contributed by atoms with Gasteiger partial charge in [0.05, 0.1) is 11.7 Å². The molecule has 3 rings (SSSR count). The van der Waals surface area contributed by atoms with Crippen LogP contribution in [0.2, 0.25) is 0 Å². The second-order valence-electron chi connectivity index (χ2n) is 7.65. The lowest BCUT2D eigenvalue weighted by atomic mass is 9.84. The van der Waals surface area contributed by atoms with Gasteiger partial charge in [0.25, 0.3) is 0 Å². The molecule has 134 valence electrons. The number of β-amino-alcohol motifs (C(OH)–C–C–N with tert-alkyl or cyclic N) is 1. The number of hydrogen-bond acceptors (Lipinski definition) is 3. The summed E-state index contributed by atoms with van der Waals surface area (Å²) < 4.78 is 0. The monoisotopic (exact) mass is 339 g/mol. The second-order valence-corrected chi connectivity index (χ2v) is 7.65. The van der Waals surface area contributed by atoms with Crippen LogP contribution in [0.5, 0.6) is 0 Å². The van der Waals surface area contributed by atoms with Crippen LogP contribution in [0, 0.1) is 5.92 Å². The molecule has 1 aliphatic heterocycles. The van der Waals surface area contributed by atoms with E-state index in [0.29, 0.717) is 13.0 Å². The van der Waals surface area contributed by atoms with Crippen molar-refractivity contribution in [3.63, 3.8) is 0 Å². The fourth-order valence-corrected chi connectivity index (χ4v) is 3.69. The third kappa shape index (κ3) is 4.49. The van der Waals surface area contributed by atoms with Gasteiger partial charge in [-0.1, -0.05) is 61.5 Å². The lowest BCUT2D eigenvalue weighted by molar-refractivity contribution is -0.0577. The molecular formula is C22H29NO2. The van der Waals surface area contributed by atoms with E-state index in [1.165, 1.54) is 16.7 Å². The van der Waals surface area contributed by atoms with Crippen molar-refractivity contribution in [1.82, 2.24) is 4.90 Å². The first kappa shape index (κ1) is 18.1. The van der Waals surface area contributed by atoms with Crippen LogP contribution in [-0.2, 0) is 6.42 Å². The summed E-state index contributed by atoms with van der Waals surface area (Å²) in [4.78, 5) is 2.28. The second kappa shape index (κ2) is 7.69. The fourth-order valence-electron chi connectivity index (χ4n) is 3.69. The lowest BCUT2D eigenvalue weighted by Crippen LogP contribution is -2.50. The summed E-state index contributed by atoms with van der Waals surface area (Å²) in [6.07, 6.45) is 1.01. The Balaban J connectivity index is 1.65. The highest BCUT2D eigenvalue weighted by Crippen LogP contribution is 2.28. The molecule has 2 aromatic rings. The van der Waals surface area contributed by atoms with Crippen molar-refractivity contribution in [3.8, 4) is 11.1 Å². The van der Waals surface area contributed by atoms with E-state index in [1.54, 1.807) is 0 Å². The van der Waals surface area contributed by atoms with E-state index in [-0.39, 0.29) is 5.92 Å². The predicted octanol–water partition coefficient (Wildman–Crippen LogP) is 3.35. The van der Waals surface area contributed by atoms with Gasteiger partial charge >= 0.3 is 0 Å². The highest BCUT2D eigenvalue weighted by molar-refractivity contribution is 5.67. The third-order valence-electron chi connectivity index (χ3n) is 5.55. The highest BCUT2D eigenvalue weighted by atomic mass is 16.3. The molecule has 0 aliphatic carbocycles. The Morgan fingerprint density at radius 2 is 1.80 bits per heavy atom. The van der Waals surface area contributed by atoms with Crippen molar-refractivity contribution < 1.29 is 10.2 Å². The molecule has 3 nitrogen and oxygen atoms in total. The van der Waals surface area contributed by atoms with Crippen LogP contribution in [0.1, 0.15) is 25.8 Å². The highest BCUT2D eigenvalue weighted by Gasteiger charge is 2.34. The van der Waals surface area contributed by atoms with E-state index in [2.05, 4.69) is 36.1 Å². The summed E-state index contributed by atoms with van der Waals surface area (Å²) >= 11 is 0. The van der Waals surface area contributed by atoms with Crippen molar-refractivity contribution in [3.05, 3.63) is 60.2 Å². The van der Waals surface area contributed by atoms with Crippen molar-refractivity contribution in [2.45, 2.75) is 38.4 Å². The fraction of sp³-hybridized carbons (Fsp3) is 0.455. The number of aliphatic hydroxyl groups is 2.